The largest absolute Gasteiger partial charge is 0.494 e. The summed E-state index contributed by atoms with van der Waals surface area (Å²) in [7, 11) is 1.42. The van der Waals surface area contributed by atoms with E-state index in [1.54, 1.807) is 5.51 Å². The molecule has 0 aliphatic rings. The van der Waals surface area contributed by atoms with Gasteiger partial charge in [0.25, 0.3) is 0 Å². The number of benzene rings is 1. The molecule has 1 N–H and O–H groups in total. The van der Waals surface area contributed by atoms with Gasteiger partial charge in [0.05, 0.1) is 18.6 Å². The molecule has 0 aliphatic carbocycles. The van der Waals surface area contributed by atoms with Crippen molar-refractivity contribution in [3.63, 3.8) is 0 Å². The molecule has 0 aliphatic heterocycles. The van der Waals surface area contributed by atoms with E-state index in [2.05, 4.69) is 15.5 Å². The average Bonchev–Trinajstić information content (AvgIpc) is 2.91. The number of carbonyl (C=O) groups excluding carboxylic acids is 1. The highest BCUT2D eigenvalue weighted by Gasteiger charge is 2.10. The maximum absolute atomic E-state index is 13.0. The molecule has 0 saturated heterocycles. The number of hydrogen-bond donors (Lipinski definition) is 1. The first-order valence-corrected chi connectivity index (χ1v) is 7.08. The fourth-order valence-corrected chi connectivity index (χ4v) is 2.60. The second-order valence-electron chi connectivity index (χ2n) is 3.39. The van der Waals surface area contributed by atoms with Crippen LogP contribution in [0.5, 0.6) is 5.75 Å². The van der Waals surface area contributed by atoms with Gasteiger partial charge in [-0.3, -0.25) is 4.79 Å². The molecule has 2 rings (SSSR count). The highest BCUT2D eigenvalue weighted by atomic mass is 32.2. The molecule has 0 unspecified atom stereocenters. The van der Waals surface area contributed by atoms with Crippen LogP contribution >= 0.6 is 23.1 Å². The normalized spacial score (nSPS) is 10.2. The molecule has 5 nitrogen and oxygen atoms in total. The summed E-state index contributed by atoms with van der Waals surface area (Å²) in [5, 5.41) is 10.1. The summed E-state index contributed by atoms with van der Waals surface area (Å²) in [5.41, 5.74) is 2.04. The van der Waals surface area contributed by atoms with Gasteiger partial charge in [-0.2, -0.15) is 0 Å². The van der Waals surface area contributed by atoms with Gasteiger partial charge in [-0.25, -0.2) is 4.39 Å². The second-order valence-corrected chi connectivity index (χ2v) is 5.44. The Bertz CT molecular complexity index is 563. The van der Waals surface area contributed by atoms with Crippen LogP contribution in [0.1, 0.15) is 0 Å². The van der Waals surface area contributed by atoms with Crippen molar-refractivity contribution in [3.8, 4) is 5.75 Å². The fraction of sp³-hybridized carbons (Fsp3) is 0.182. The number of nitrogens with one attached hydrogen (secondary N) is 1. The molecule has 100 valence electrons. The molecule has 0 atom stereocenters. The first-order valence-electron chi connectivity index (χ1n) is 5.21. The minimum Gasteiger partial charge on any atom is -0.494 e. The molecular formula is C11H10FN3O2S2. The van der Waals surface area contributed by atoms with Gasteiger partial charge in [-0.15, -0.1) is 10.2 Å². The fourth-order valence-electron chi connectivity index (χ4n) is 1.31. The summed E-state index contributed by atoms with van der Waals surface area (Å²) < 4.78 is 18.7. The van der Waals surface area contributed by atoms with Crippen LogP contribution in [0.15, 0.2) is 28.0 Å². The van der Waals surface area contributed by atoms with E-state index in [0.29, 0.717) is 5.69 Å². The number of nitrogens with zero attached hydrogens (tertiary/aromatic N) is 2. The molecule has 1 aromatic carbocycles. The lowest BCUT2D eigenvalue weighted by Crippen LogP contribution is -2.14. The zero-order chi connectivity index (χ0) is 13.7. The number of anilines is 1. The Kier molecular flexibility index (Phi) is 4.69. The smallest absolute Gasteiger partial charge is 0.234 e. The standard InChI is InChI=1S/C11H10FN3O2S2/c1-17-9-4-7(12)2-3-8(9)14-10(16)5-18-11-15-13-6-19-11/h2-4,6H,5H2,1H3,(H,14,16). The van der Waals surface area contributed by atoms with Crippen LogP contribution < -0.4 is 10.1 Å². The molecule has 8 heteroatoms. The number of hydrogen-bond acceptors (Lipinski definition) is 6. The van der Waals surface area contributed by atoms with Gasteiger partial charge in [0, 0.05) is 6.07 Å². The topological polar surface area (TPSA) is 64.1 Å². The molecule has 0 radical (unpaired) electrons. The van der Waals surface area contributed by atoms with Gasteiger partial charge in [-0.1, -0.05) is 23.1 Å². The molecule has 0 saturated carbocycles. The van der Waals surface area contributed by atoms with Gasteiger partial charge in [0.15, 0.2) is 4.34 Å². The van der Waals surface area contributed by atoms with Crippen LogP contribution in [-0.4, -0.2) is 29.0 Å². The van der Waals surface area contributed by atoms with E-state index < -0.39 is 5.82 Å². The number of halogens is 1. The molecule has 0 fully saturated rings. The van der Waals surface area contributed by atoms with Gasteiger partial charge in [0.2, 0.25) is 5.91 Å². The SMILES string of the molecule is COc1cc(F)ccc1NC(=O)CSc1nncs1. The number of rotatable bonds is 5. The quantitative estimate of drug-likeness (QED) is 0.859. The van der Waals surface area contributed by atoms with E-state index in [-0.39, 0.29) is 17.4 Å². The van der Waals surface area contributed by atoms with Crippen LogP contribution in [0.25, 0.3) is 0 Å². The van der Waals surface area contributed by atoms with E-state index in [9.17, 15) is 9.18 Å². The predicted octanol–water partition coefficient (Wildman–Crippen LogP) is 2.42. The summed E-state index contributed by atoms with van der Waals surface area (Å²) >= 11 is 2.66. The zero-order valence-corrected chi connectivity index (χ0v) is 11.6. The number of ether oxygens (including phenoxy) is 1. The number of aromatic nitrogens is 2. The summed E-state index contributed by atoms with van der Waals surface area (Å²) in [5.74, 6) is -0.145. The first-order chi connectivity index (χ1) is 9.19. The van der Waals surface area contributed by atoms with Gasteiger partial charge >= 0.3 is 0 Å². The van der Waals surface area contributed by atoms with E-state index in [4.69, 9.17) is 4.74 Å². The highest BCUT2D eigenvalue weighted by Crippen LogP contribution is 2.25. The predicted molar refractivity (Wildman–Crippen MR) is 72.2 cm³/mol. The minimum atomic E-state index is -0.418. The van der Waals surface area contributed by atoms with Crippen molar-refractivity contribution in [1.82, 2.24) is 10.2 Å². The molecule has 1 amide bonds. The zero-order valence-electron chi connectivity index (χ0n) is 9.92. The summed E-state index contributed by atoms with van der Waals surface area (Å²) in [4.78, 5) is 11.7. The van der Waals surface area contributed by atoms with Gasteiger partial charge in [0.1, 0.15) is 17.1 Å². The van der Waals surface area contributed by atoms with Crippen LogP contribution in [0.3, 0.4) is 0 Å². The molecular weight excluding hydrogens is 289 g/mol. The van der Waals surface area contributed by atoms with Crippen LogP contribution in [-0.2, 0) is 4.79 Å². The Hall–Kier alpha value is -1.67. The van der Waals surface area contributed by atoms with Crippen molar-refractivity contribution in [3.05, 3.63) is 29.5 Å². The van der Waals surface area contributed by atoms with Crippen molar-refractivity contribution >= 4 is 34.7 Å². The maximum Gasteiger partial charge on any atom is 0.234 e. The average molecular weight is 299 g/mol. The number of methoxy groups -OCH3 is 1. The number of thioether (sulfide) groups is 1. The third kappa shape index (κ3) is 3.90. The Balaban J connectivity index is 1.95. The van der Waals surface area contributed by atoms with E-state index in [1.807, 2.05) is 0 Å². The molecule has 1 aromatic heterocycles. The van der Waals surface area contributed by atoms with Gasteiger partial charge in [-0.05, 0) is 12.1 Å². The molecule has 0 spiro atoms. The maximum atomic E-state index is 13.0. The number of amides is 1. The van der Waals surface area contributed by atoms with Crippen molar-refractivity contribution in [2.24, 2.45) is 0 Å². The molecule has 2 aromatic rings. The Morgan fingerprint density at radius 3 is 3.11 bits per heavy atom. The monoisotopic (exact) mass is 299 g/mol. The van der Waals surface area contributed by atoms with E-state index in [0.717, 1.165) is 4.34 Å². The second kappa shape index (κ2) is 6.48. The Morgan fingerprint density at radius 2 is 2.42 bits per heavy atom. The molecule has 1 heterocycles. The van der Waals surface area contributed by atoms with Crippen LogP contribution in [0.4, 0.5) is 10.1 Å². The minimum absolute atomic E-state index is 0.204. The summed E-state index contributed by atoms with van der Waals surface area (Å²) in [6, 6.07) is 3.94. The summed E-state index contributed by atoms with van der Waals surface area (Å²) in [6.07, 6.45) is 0. The van der Waals surface area contributed by atoms with Crippen LogP contribution in [0, 0.1) is 5.82 Å². The van der Waals surface area contributed by atoms with E-state index in [1.165, 1.54) is 48.4 Å². The molecule has 19 heavy (non-hydrogen) atoms. The number of carbonyl (C=O) groups is 1. The summed E-state index contributed by atoms with van der Waals surface area (Å²) in [6.45, 7) is 0. The van der Waals surface area contributed by atoms with E-state index >= 15 is 0 Å². The van der Waals surface area contributed by atoms with Crippen LogP contribution in [0.2, 0.25) is 0 Å². The van der Waals surface area contributed by atoms with Gasteiger partial charge < -0.3 is 10.1 Å². The lowest BCUT2D eigenvalue weighted by molar-refractivity contribution is -0.113. The van der Waals surface area contributed by atoms with Crippen molar-refractivity contribution in [2.75, 3.05) is 18.2 Å². The Morgan fingerprint density at radius 1 is 1.58 bits per heavy atom. The Labute approximate surface area is 117 Å². The van der Waals surface area contributed by atoms with Crippen molar-refractivity contribution in [2.45, 2.75) is 4.34 Å². The lowest BCUT2D eigenvalue weighted by Gasteiger charge is -2.09. The third-order valence-corrected chi connectivity index (χ3v) is 3.96. The molecule has 0 bridgehead atoms. The van der Waals surface area contributed by atoms with Crippen molar-refractivity contribution < 1.29 is 13.9 Å². The highest BCUT2D eigenvalue weighted by molar-refractivity contribution is 8.01. The third-order valence-electron chi connectivity index (χ3n) is 2.10. The van der Waals surface area contributed by atoms with Crippen molar-refractivity contribution in [1.29, 1.82) is 0 Å². The first kappa shape index (κ1) is 13.8. The lowest BCUT2D eigenvalue weighted by atomic mass is 10.3.